The van der Waals surface area contributed by atoms with Gasteiger partial charge in [-0.3, -0.25) is 9.20 Å². The van der Waals surface area contributed by atoms with E-state index >= 15 is 0 Å². The zero-order chi connectivity index (χ0) is 11.7. The smallest absolute Gasteiger partial charge is 0.313 e. The van der Waals surface area contributed by atoms with Crippen LogP contribution < -0.4 is 5.73 Å². The van der Waals surface area contributed by atoms with Gasteiger partial charge in [0.05, 0.1) is 5.69 Å². The van der Waals surface area contributed by atoms with Gasteiger partial charge in [-0.2, -0.15) is 0 Å². The Labute approximate surface area is 91.7 Å². The molecular weight excluding hydrogens is 208 g/mol. The first-order chi connectivity index (χ1) is 7.61. The van der Waals surface area contributed by atoms with Crippen molar-refractivity contribution in [2.45, 2.75) is 12.8 Å². The van der Waals surface area contributed by atoms with E-state index in [9.17, 15) is 4.79 Å². The number of imidazole rings is 1. The molecule has 0 aromatic carbocycles. The summed E-state index contributed by atoms with van der Waals surface area (Å²) in [7, 11) is 0. The van der Waals surface area contributed by atoms with Crippen LogP contribution in [0.25, 0.3) is 5.78 Å². The van der Waals surface area contributed by atoms with Gasteiger partial charge in [-0.25, -0.2) is 9.97 Å². The second-order valence-corrected chi connectivity index (χ2v) is 3.63. The molecule has 3 N–H and O–H groups in total. The van der Waals surface area contributed by atoms with Gasteiger partial charge in [0.1, 0.15) is 5.92 Å². The van der Waals surface area contributed by atoms with Crippen LogP contribution in [0.2, 0.25) is 0 Å². The minimum Gasteiger partial charge on any atom is -0.481 e. The van der Waals surface area contributed by atoms with E-state index in [4.69, 9.17) is 10.8 Å². The number of aromatic nitrogens is 3. The maximum atomic E-state index is 10.9. The predicted molar refractivity (Wildman–Crippen MR) is 57.2 cm³/mol. The van der Waals surface area contributed by atoms with E-state index in [0.29, 0.717) is 11.5 Å². The molecule has 16 heavy (non-hydrogen) atoms. The van der Waals surface area contributed by atoms with Gasteiger partial charge in [-0.15, -0.1) is 0 Å². The highest BCUT2D eigenvalue weighted by Crippen LogP contribution is 2.14. The quantitative estimate of drug-likeness (QED) is 0.768. The highest BCUT2D eigenvalue weighted by Gasteiger charge is 2.21. The minimum atomic E-state index is -0.970. The average Bonchev–Trinajstić information content (AvgIpc) is 2.60. The molecule has 0 spiro atoms. The van der Waals surface area contributed by atoms with Crippen LogP contribution in [0.4, 0.5) is 0 Å². The molecule has 84 valence electrons. The fourth-order valence-corrected chi connectivity index (χ4v) is 1.52. The number of fused-ring (bicyclic) bond motifs is 1. The molecule has 0 radical (unpaired) electrons. The fraction of sp³-hybridized carbons (Fsp3) is 0.300. The highest BCUT2D eigenvalue weighted by atomic mass is 16.4. The van der Waals surface area contributed by atoms with Crippen molar-refractivity contribution in [2.75, 3.05) is 6.54 Å². The maximum absolute atomic E-state index is 10.9. The molecule has 0 saturated carbocycles. The third-order valence-corrected chi connectivity index (χ3v) is 2.35. The van der Waals surface area contributed by atoms with Crippen molar-refractivity contribution in [2.24, 2.45) is 5.73 Å². The Bertz CT molecular complexity index is 535. The lowest BCUT2D eigenvalue weighted by molar-refractivity contribution is -0.138. The van der Waals surface area contributed by atoms with Crippen LogP contribution >= 0.6 is 0 Å². The van der Waals surface area contributed by atoms with Gasteiger partial charge in [-0.1, -0.05) is 0 Å². The Balaban J connectivity index is 2.49. The summed E-state index contributed by atoms with van der Waals surface area (Å²) in [5, 5.41) is 8.96. The van der Waals surface area contributed by atoms with Gasteiger partial charge in [0.25, 0.3) is 0 Å². The van der Waals surface area contributed by atoms with E-state index in [2.05, 4.69) is 9.97 Å². The molecule has 0 aliphatic carbocycles. The van der Waals surface area contributed by atoms with Crippen LogP contribution in [0, 0.1) is 6.92 Å². The van der Waals surface area contributed by atoms with Crippen molar-refractivity contribution >= 4 is 11.7 Å². The van der Waals surface area contributed by atoms with Crippen LogP contribution in [0.3, 0.4) is 0 Å². The van der Waals surface area contributed by atoms with Crippen molar-refractivity contribution in [1.82, 2.24) is 14.4 Å². The largest absolute Gasteiger partial charge is 0.481 e. The van der Waals surface area contributed by atoms with Gasteiger partial charge >= 0.3 is 5.97 Å². The minimum absolute atomic E-state index is 0.0260. The molecule has 0 amide bonds. The number of hydrogen-bond donors (Lipinski definition) is 2. The Kier molecular flexibility index (Phi) is 2.57. The van der Waals surface area contributed by atoms with Gasteiger partial charge in [0.15, 0.2) is 0 Å². The highest BCUT2D eigenvalue weighted by molar-refractivity contribution is 5.75. The van der Waals surface area contributed by atoms with Gasteiger partial charge < -0.3 is 10.8 Å². The van der Waals surface area contributed by atoms with Crippen molar-refractivity contribution in [3.05, 3.63) is 29.8 Å². The summed E-state index contributed by atoms with van der Waals surface area (Å²) in [6.45, 7) is 1.93. The first-order valence-electron chi connectivity index (χ1n) is 4.86. The summed E-state index contributed by atoms with van der Waals surface area (Å²) in [6, 6.07) is 0. The van der Waals surface area contributed by atoms with E-state index in [-0.39, 0.29) is 6.54 Å². The molecule has 0 aliphatic heterocycles. The Morgan fingerprint density at radius 2 is 2.38 bits per heavy atom. The molecular formula is C10H12N4O2. The van der Waals surface area contributed by atoms with E-state index in [1.165, 1.54) is 0 Å². The zero-order valence-corrected chi connectivity index (χ0v) is 8.79. The van der Waals surface area contributed by atoms with E-state index in [1.807, 2.05) is 13.1 Å². The molecule has 0 saturated heterocycles. The molecule has 2 rings (SSSR count). The summed E-state index contributed by atoms with van der Waals surface area (Å²) in [5.74, 6) is -1.26. The van der Waals surface area contributed by atoms with Crippen molar-refractivity contribution < 1.29 is 9.90 Å². The van der Waals surface area contributed by atoms with E-state index in [1.54, 1.807) is 16.8 Å². The molecule has 6 nitrogen and oxygen atoms in total. The number of hydrogen-bond acceptors (Lipinski definition) is 4. The first-order valence-corrected chi connectivity index (χ1v) is 4.86. The third-order valence-electron chi connectivity index (χ3n) is 2.35. The normalized spacial score (nSPS) is 12.9. The maximum Gasteiger partial charge on any atom is 0.313 e. The average molecular weight is 220 g/mol. The SMILES string of the molecule is Cc1cnc2nc(C(CN)C(=O)O)cn2c1. The molecule has 0 bridgehead atoms. The number of nitrogens with two attached hydrogens (primary N) is 1. The number of nitrogens with zero attached hydrogens (tertiary/aromatic N) is 3. The second kappa shape index (κ2) is 3.90. The number of aliphatic carboxylic acids is 1. The molecule has 1 atom stereocenters. The predicted octanol–water partition coefficient (Wildman–Crippen LogP) is 0.165. The number of rotatable bonds is 3. The third kappa shape index (κ3) is 1.74. The van der Waals surface area contributed by atoms with Crippen LogP contribution in [-0.2, 0) is 4.79 Å². The number of carboxylic acids is 1. The fourth-order valence-electron chi connectivity index (χ4n) is 1.52. The van der Waals surface area contributed by atoms with Crippen molar-refractivity contribution in [3.63, 3.8) is 0 Å². The van der Waals surface area contributed by atoms with Crippen molar-refractivity contribution in [3.8, 4) is 0 Å². The molecule has 1 unspecified atom stereocenters. The first kappa shape index (κ1) is 10.6. The zero-order valence-electron chi connectivity index (χ0n) is 8.79. The summed E-state index contributed by atoms with van der Waals surface area (Å²) in [4.78, 5) is 19.2. The van der Waals surface area contributed by atoms with E-state index in [0.717, 1.165) is 5.56 Å². The summed E-state index contributed by atoms with van der Waals surface area (Å²) in [6.07, 6.45) is 5.18. The van der Waals surface area contributed by atoms with Gasteiger partial charge in [0, 0.05) is 25.1 Å². The van der Waals surface area contributed by atoms with E-state index < -0.39 is 11.9 Å². The summed E-state index contributed by atoms with van der Waals surface area (Å²) >= 11 is 0. The monoisotopic (exact) mass is 220 g/mol. The molecule has 6 heteroatoms. The summed E-state index contributed by atoms with van der Waals surface area (Å²) < 4.78 is 1.70. The molecule has 2 heterocycles. The lowest BCUT2D eigenvalue weighted by Crippen LogP contribution is -2.21. The number of carboxylic acid groups (broad SMARTS) is 1. The molecule has 0 fully saturated rings. The van der Waals surface area contributed by atoms with Gasteiger partial charge in [-0.05, 0) is 12.5 Å². The lowest BCUT2D eigenvalue weighted by Gasteiger charge is -2.03. The summed E-state index contributed by atoms with van der Waals surface area (Å²) in [5.41, 5.74) is 6.83. The second-order valence-electron chi connectivity index (χ2n) is 3.63. The van der Waals surface area contributed by atoms with Crippen LogP contribution in [0.5, 0.6) is 0 Å². The number of carbonyl (C=O) groups is 1. The Hall–Kier alpha value is -1.95. The lowest BCUT2D eigenvalue weighted by atomic mass is 10.1. The molecule has 2 aromatic heterocycles. The van der Waals surface area contributed by atoms with Crippen LogP contribution in [-0.4, -0.2) is 32.0 Å². The topological polar surface area (TPSA) is 93.5 Å². The standard InChI is InChI=1S/C10H12N4O2/c1-6-3-12-10-13-8(5-14(10)4-6)7(2-11)9(15)16/h3-5,7H,2,11H2,1H3,(H,15,16). The Morgan fingerprint density at radius 1 is 1.62 bits per heavy atom. The van der Waals surface area contributed by atoms with Crippen molar-refractivity contribution in [1.29, 1.82) is 0 Å². The molecule has 0 aliphatic rings. The molecule has 2 aromatic rings. The van der Waals surface area contributed by atoms with Crippen LogP contribution in [0.1, 0.15) is 17.2 Å². The van der Waals surface area contributed by atoms with Gasteiger partial charge in [0.2, 0.25) is 5.78 Å². The number of aryl methyl sites for hydroxylation is 1. The van der Waals surface area contributed by atoms with Crippen LogP contribution in [0.15, 0.2) is 18.6 Å². The Morgan fingerprint density at radius 3 is 3.00 bits per heavy atom.